The SMILES string of the molecule is COc1ccc(N/N=C(\c2ccccc2)c2n(-c3ccc(OC)cc3)nc(-c3ccccc3)[n+]2C(C)C)cc1.[Cl-]. The Balaban J connectivity index is 0.00000370. The fourth-order valence-corrected chi connectivity index (χ4v) is 4.41. The first-order valence-electron chi connectivity index (χ1n) is 12.9. The predicted octanol–water partition coefficient (Wildman–Crippen LogP) is 3.29. The average molecular weight is 554 g/mol. The number of hydrogen-bond donors (Lipinski definition) is 1. The van der Waals surface area contributed by atoms with Crippen LogP contribution in [0.25, 0.3) is 17.1 Å². The minimum Gasteiger partial charge on any atom is -1.00 e. The van der Waals surface area contributed by atoms with Gasteiger partial charge in [-0.25, -0.2) is 4.57 Å². The lowest BCUT2D eigenvalue weighted by Gasteiger charge is -2.12. The number of anilines is 1. The van der Waals surface area contributed by atoms with Crippen LogP contribution in [0.4, 0.5) is 5.69 Å². The van der Waals surface area contributed by atoms with Crippen LogP contribution in [-0.4, -0.2) is 29.7 Å². The second-order valence-corrected chi connectivity index (χ2v) is 9.25. The van der Waals surface area contributed by atoms with Gasteiger partial charge in [0.25, 0.3) is 5.82 Å². The summed E-state index contributed by atoms with van der Waals surface area (Å²) in [7, 11) is 3.32. The zero-order valence-electron chi connectivity index (χ0n) is 23.0. The first kappa shape index (κ1) is 28.4. The van der Waals surface area contributed by atoms with E-state index in [0.29, 0.717) is 0 Å². The molecule has 0 bridgehead atoms. The van der Waals surface area contributed by atoms with Crippen LogP contribution in [0.2, 0.25) is 0 Å². The number of ether oxygens (including phenoxy) is 2. The number of methoxy groups -OCH3 is 2. The van der Waals surface area contributed by atoms with Gasteiger partial charge in [-0.1, -0.05) is 53.2 Å². The first-order valence-corrected chi connectivity index (χ1v) is 12.9. The van der Waals surface area contributed by atoms with Crippen LogP contribution in [0.5, 0.6) is 11.5 Å². The van der Waals surface area contributed by atoms with Gasteiger partial charge in [-0.2, -0.15) is 5.10 Å². The van der Waals surface area contributed by atoms with Gasteiger partial charge in [0, 0.05) is 5.56 Å². The summed E-state index contributed by atoms with van der Waals surface area (Å²) in [5, 5.41) is 10.1. The Morgan fingerprint density at radius 1 is 0.775 bits per heavy atom. The molecule has 0 aliphatic heterocycles. The van der Waals surface area contributed by atoms with Crippen LogP contribution < -0.4 is 31.9 Å². The topological polar surface area (TPSA) is 64.5 Å². The highest BCUT2D eigenvalue weighted by atomic mass is 35.5. The molecule has 8 heteroatoms. The third-order valence-corrected chi connectivity index (χ3v) is 6.36. The van der Waals surface area contributed by atoms with E-state index in [0.717, 1.165) is 51.4 Å². The van der Waals surface area contributed by atoms with Crippen molar-refractivity contribution < 1.29 is 26.4 Å². The van der Waals surface area contributed by atoms with E-state index in [9.17, 15) is 0 Å². The van der Waals surface area contributed by atoms with Crippen molar-refractivity contribution in [3.63, 3.8) is 0 Å². The van der Waals surface area contributed by atoms with Crippen molar-refractivity contribution in [2.24, 2.45) is 5.10 Å². The highest BCUT2D eigenvalue weighted by Crippen LogP contribution is 2.24. The molecule has 5 rings (SSSR count). The van der Waals surface area contributed by atoms with E-state index in [-0.39, 0.29) is 18.4 Å². The number of nitrogens with one attached hydrogen (secondary N) is 1. The second-order valence-electron chi connectivity index (χ2n) is 9.25. The van der Waals surface area contributed by atoms with Crippen molar-refractivity contribution in [2.45, 2.75) is 19.9 Å². The minimum absolute atomic E-state index is 0. The Bertz CT molecular complexity index is 1550. The van der Waals surface area contributed by atoms with Crippen molar-refractivity contribution >= 4 is 11.4 Å². The molecule has 0 aliphatic carbocycles. The summed E-state index contributed by atoms with van der Waals surface area (Å²) in [6.45, 7) is 4.32. The fourth-order valence-electron chi connectivity index (χ4n) is 4.41. The molecule has 0 atom stereocenters. The van der Waals surface area contributed by atoms with E-state index in [1.165, 1.54) is 0 Å². The highest BCUT2D eigenvalue weighted by molar-refractivity contribution is 6.10. The normalized spacial score (nSPS) is 11.2. The Morgan fingerprint density at radius 3 is 1.88 bits per heavy atom. The molecule has 0 fully saturated rings. The molecule has 0 spiro atoms. The first-order chi connectivity index (χ1) is 19.1. The lowest BCUT2D eigenvalue weighted by Crippen LogP contribution is -3.00. The molecule has 0 saturated carbocycles. The summed E-state index contributed by atoms with van der Waals surface area (Å²) >= 11 is 0. The van der Waals surface area contributed by atoms with Crippen LogP contribution in [0.3, 0.4) is 0 Å². The molecule has 204 valence electrons. The molecule has 0 amide bonds. The van der Waals surface area contributed by atoms with Crippen LogP contribution in [0.15, 0.2) is 114 Å². The van der Waals surface area contributed by atoms with E-state index in [4.69, 9.17) is 19.7 Å². The molecule has 0 radical (unpaired) electrons. The maximum atomic E-state index is 5.42. The van der Waals surface area contributed by atoms with Gasteiger partial charge in [0.2, 0.25) is 0 Å². The number of benzene rings is 4. The van der Waals surface area contributed by atoms with Crippen LogP contribution in [-0.2, 0) is 0 Å². The second kappa shape index (κ2) is 13.0. The summed E-state index contributed by atoms with van der Waals surface area (Å²) in [6.07, 6.45) is 0. The van der Waals surface area contributed by atoms with Crippen molar-refractivity contribution in [3.8, 4) is 28.6 Å². The monoisotopic (exact) mass is 553 g/mol. The molecule has 1 N–H and O–H groups in total. The van der Waals surface area contributed by atoms with E-state index in [1.54, 1.807) is 14.2 Å². The number of aromatic nitrogens is 3. The number of nitrogens with zero attached hydrogens (tertiary/aromatic N) is 4. The Morgan fingerprint density at radius 2 is 1.32 bits per heavy atom. The molecular weight excluding hydrogens is 522 g/mol. The molecular formula is C32H32ClN5O2. The van der Waals surface area contributed by atoms with E-state index >= 15 is 0 Å². The van der Waals surface area contributed by atoms with Gasteiger partial charge in [-0.05, 0) is 74.5 Å². The molecule has 7 nitrogen and oxygen atoms in total. The van der Waals surface area contributed by atoms with Gasteiger partial charge in [-0.3, -0.25) is 5.43 Å². The smallest absolute Gasteiger partial charge is 0.310 e. The summed E-state index contributed by atoms with van der Waals surface area (Å²) in [5.41, 5.74) is 7.75. The van der Waals surface area contributed by atoms with Crippen molar-refractivity contribution in [1.29, 1.82) is 0 Å². The van der Waals surface area contributed by atoms with Crippen molar-refractivity contribution in [3.05, 3.63) is 121 Å². The molecule has 1 aromatic heterocycles. The third kappa shape index (κ3) is 6.00. The van der Waals surface area contributed by atoms with Gasteiger partial charge in [0.15, 0.2) is 5.71 Å². The van der Waals surface area contributed by atoms with E-state index in [1.807, 2.05) is 89.6 Å². The number of hydrogen-bond acceptors (Lipinski definition) is 5. The lowest BCUT2D eigenvalue weighted by molar-refractivity contribution is -0.707. The molecule has 0 aliphatic rings. The zero-order valence-corrected chi connectivity index (χ0v) is 23.7. The van der Waals surface area contributed by atoms with Gasteiger partial charge in [0.05, 0.1) is 36.6 Å². The fraction of sp³-hybridized carbons (Fsp3) is 0.156. The van der Waals surface area contributed by atoms with Crippen LogP contribution in [0, 0.1) is 0 Å². The summed E-state index contributed by atoms with van der Waals surface area (Å²) in [4.78, 5) is 0. The summed E-state index contributed by atoms with van der Waals surface area (Å²) in [6, 6.07) is 36.1. The van der Waals surface area contributed by atoms with Crippen molar-refractivity contribution in [2.75, 3.05) is 19.6 Å². The number of rotatable bonds is 9. The minimum atomic E-state index is 0. The van der Waals surface area contributed by atoms with E-state index < -0.39 is 0 Å². The highest BCUT2D eigenvalue weighted by Gasteiger charge is 2.34. The van der Waals surface area contributed by atoms with Gasteiger partial charge in [-0.15, -0.1) is 0 Å². The maximum Gasteiger partial charge on any atom is 0.310 e. The maximum absolute atomic E-state index is 5.42. The predicted molar refractivity (Wildman–Crippen MR) is 155 cm³/mol. The molecule has 1 heterocycles. The molecule has 4 aromatic carbocycles. The lowest BCUT2D eigenvalue weighted by atomic mass is 10.1. The van der Waals surface area contributed by atoms with Gasteiger partial charge >= 0.3 is 5.82 Å². The molecule has 5 aromatic rings. The van der Waals surface area contributed by atoms with Gasteiger partial charge < -0.3 is 21.9 Å². The molecule has 40 heavy (non-hydrogen) atoms. The van der Waals surface area contributed by atoms with E-state index in [2.05, 4.69) is 48.1 Å². The number of hydrazone groups is 1. The van der Waals surface area contributed by atoms with Crippen LogP contribution >= 0.6 is 0 Å². The summed E-state index contributed by atoms with van der Waals surface area (Å²) in [5.74, 6) is 3.27. The summed E-state index contributed by atoms with van der Waals surface area (Å²) < 4.78 is 14.9. The zero-order chi connectivity index (χ0) is 27.2. The Kier molecular flexibility index (Phi) is 9.19. The third-order valence-electron chi connectivity index (χ3n) is 6.36. The van der Waals surface area contributed by atoms with Gasteiger partial charge in [0.1, 0.15) is 17.2 Å². The Hall–Kier alpha value is -4.62. The molecule has 0 unspecified atom stereocenters. The number of halogens is 1. The standard InChI is InChI=1S/C32H31N5O2.ClH/c1-23(2)36-31(25-13-9-6-10-14-25)35-37(27-17-21-29(39-4)22-18-27)32(36)30(24-11-7-5-8-12-24)34-33-26-15-19-28(38-3)20-16-26;/h5-23H,1-4H3;1H. The Labute approximate surface area is 241 Å². The van der Waals surface area contributed by atoms with Crippen molar-refractivity contribution in [1.82, 2.24) is 9.78 Å². The average Bonchev–Trinajstić information content (AvgIpc) is 3.39. The largest absolute Gasteiger partial charge is 1.00 e. The molecule has 0 saturated heterocycles. The quantitative estimate of drug-likeness (QED) is 0.173. The van der Waals surface area contributed by atoms with Crippen LogP contribution in [0.1, 0.15) is 31.3 Å².